The highest BCUT2D eigenvalue weighted by atomic mass is 16.2. The van der Waals surface area contributed by atoms with Crippen molar-refractivity contribution >= 4 is 17.5 Å². The van der Waals surface area contributed by atoms with Crippen molar-refractivity contribution in [1.82, 2.24) is 4.90 Å². The highest BCUT2D eigenvalue weighted by Gasteiger charge is 2.36. The first-order valence-corrected chi connectivity index (χ1v) is 8.82. The van der Waals surface area contributed by atoms with E-state index in [4.69, 9.17) is 0 Å². The Hall–Kier alpha value is -2.62. The van der Waals surface area contributed by atoms with Crippen LogP contribution in [-0.2, 0) is 16.0 Å². The summed E-state index contributed by atoms with van der Waals surface area (Å²) in [6.07, 6.45) is 1.20. The average Bonchev–Trinajstić information content (AvgIpc) is 3.04. The molecule has 0 spiro atoms. The summed E-state index contributed by atoms with van der Waals surface area (Å²) in [7, 11) is 0. The second kappa shape index (κ2) is 7.51. The van der Waals surface area contributed by atoms with Gasteiger partial charge in [-0.1, -0.05) is 49.4 Å². The molecule has 0 aliphatic carbocycles. The van der Waals surface area contributed by atoms with Gasteiger partial charge in [0.1, 0.15) is 0 Å². The number of carbonyl (C=O) groups excluding carboxylic acids is 2. The monoisotopic (exact) mass is 336 g/mol. The van der Waals surface area contributed by atoms with Gasteiger partial charge < -0.3 is 10.2 Å². The van der Waals surface area contributed by atoms with E-state index in [9.17, 15) is 9.59 Å². The summed E-state index contributed by atoms with van der Waals surface area (Å²) in [5.41, 5.74) is 3.07. The van der Waals surface area contributed by atoms with Gasteiger partial charge in [-0.25, -0.2) is 0 Å². The number of likely N-dealkylation sites (tertiary alicyclic amines) is 1. The fourth-order valence-electron chi connectivity index (χ4n) is 3.31. The first-order valence-electron chi connectivity index (χ1n) is 8.82. The predicted molar refractivity (Wildman–Crippen MR) is 99.1 cm³/mol. The van der Waals surface area contributed by atoms with Gasteiger partial charge in [-0.3, -0.25) is 9.59 Å². The lowest BCUT2D eigenvalue weighted by Crippen LogP contribution is -2.30. The molecule has 0 aromatic heterocycles. The third-order valence-electron chi connectivity index (χ3n) is 4.88. The maximum atomic E-state index is 12.6. The van der Waals surface area contributed by atoms with Gasteiger partial charge in [-0.05, 0) is 36.6 Å². The van der Waals surface area contributed by atoms with Crippen molar-refractivity contribution in [2.24, 2.45) is 5.92 Å². The fraction of sp³-hybridized carbons (Fsp3) is 0.333. The van der Waals surface area contributed by atoms with E-state index in [2.05, 4.69) is 12.2 Å². The summed E-state index contributed by atoms with van der Waals surface area (Å²) in [4.78, 5) is 26.8. The first-order chi connectivity index (χ1) is 12.1. The molecule has 2 amide bonds. The Labute approximate surface area is 148 Å². The molecule has 0 saturated carbocycles. The summed E-state index contributed by atoms with van der Waals surface area (Å²) in [5, 5.41) is 2.96. The summed E-state index contributed by atoms with van der Waals surface area (Å²) < 4.78 is 0. The van der Waals surface area contributed by atoms with E-state index in [-0.39, 0.29) is 30.2 Å². The molecule has 0 bridgehead atoms. The third kappa shape index (κ3) is 3.90. The zero-order valence-electron chi connectivity index (χ0n) is 14.7. The number of hydrogen-bond acceptors (Lipinski definition) is 2. The standard InChI is InChI=1S/C21H24N2O2/c1-3-16-8-7-11-19(12-16)22-21(25)18-13-20(24)23(14-18)15(2)17-9-5-4-6-10-17/h4-12,15,18H,3,13-14H2,1-2H3,(H,22,25)/t15-,18+/m1/s1. The number of nitrogens with zero attached hydrogens (tertiary/aromatic N) is 1. The van der Waals surface area contributed by atoms with Gasteiger partial charge in [0, 0.05) is 18.7 Å². The second-order valence-electron chi connectivity index (χ2n) is 6.58. The van der Waals surface area contributed by atoms with E-state index in [1.54, 1.807) is 0 Å². The van der Waals surface area contributed by atoms with Crippen molar-refractivity contribution in [3.63, 3.8) is 0 Å². The molecule has 130 valence electrons. The normalized spacial score (nSPS) is 18.2. The average molecular weight is 336 g/mol. The van der Waals surface area contributed by atoms with Gasteiger partial charge in [0.2, 0.25) is 11.8 Å². The minimum Gasteiger partial charge on any atom is -0.335 e. The highest BCUT2D eigenvalue weighted by Crippen LogP contribution is 2.29. The number of rotatable bonds is 5. The van der Waals surface area contributed by atoms with Crippen molar-refractivity contribution in [1.29, 1.82) is 0 Å². The molecule has 1 saturated heterocycles. The zero-order chi connectivity index (χ0) is 17.8. The van der Waals surface area contributed by atoms with Crippen molar-refractivity contribution in [3.8, 4) is 0 Å². The Morgan fingerprint density at radius 2 is 1.96 bits per heavy atom. The number of hydrogen-bond donors (Lipinski definition) is 1. The van der Waals surface area contributed by atoms with Crippen LogP contribution in [0.3, 0.4) is 0 Å². The van der Waals surface area contributed by atoms with Gasteiger partial charge >= 0.3 is 0 Å². The largest absolute Gasteiger partial charge is 0.335 e. The van der Waals surface area contributed by atoms with E-state index < -0.39 is 0 Å². The van der Waals surface area contributed by atoms with Crippen LogP contribution in [-0.4, -0.2) is 23.3 Å². The molecule has 4 heteroatoms. The quantitative estimate of drug-likeness (QED) is 0.903. The molecule has 0 radical (unpaired) electrons. The molecule has 0 unspecified atom stereocenters. The molecule has 4 nitrogen and oxygen atoms in total. The molecule has 25 heavy (non-hydrogen) atoms. The first kappa shape index (κ1) is 17.2. The van der Waals surface area contributed by atoms with E-state index >= 15 is 0 Å². The van der Waals surface area contributed by atoms with Crippen LogP contribution < -0.4 is 5.32 Å². The SMILES string of the molecule is CCc1cccc(NC(=O)[C@H]2CC(=O)N([C@H](C)c3ccccc3)C2)c1. The topological polar surface area (TPSA) is 49.4 Å². The molecule has 2 aromatic rings. The molecule has 1 aliphatic rings. The lowest BCUT2D eigenvalue weighted by molar-refractivity contribution is -0.129. The van der Waals surface area contributed by atoms with Crippen molar-refractivity contribution in [3.05, 3.63) is 65.7 Å². The number of aryl methyl sites for hydroxylation is 1. The Balaban J connectivity index is 1.66. The van der Waals surface area contributed by atoms with Crippen LogP contribution in [0, 0.1) is 5.92 Å². The fourth-order valence-corrected chi connectivity index (χ4v) is 3.31. The molecule has 3 rings (SSSR count). The number of nitrogens with one attached hydrogen (secondary N) is 1. The molecule has 1 aliphatic heterocycles. The minimum absolute atomic E-state index is 0.0186. The van der Waals surface area contributed by atoms with E-state index in [1.165, 1.54) is 5.56 Å². The Morgan fingerprint density at radius 3 is 2.68 bits per heavy atom. The van der Waals surface area contributed by atoms with E-state index in [1.807, 2.05) is 66.4 Å². The molecule has 1 heterocycles. The van der Waals surface area contributed by atoms with E-state index in [0.29, 0.717) is 6.54 Å². The van der Waals surface area contributed by atoms with Crippen LogP contribution in [0.15, 0.2) is 54.6 Å². The van der Waals surface area contributed by atoms with Gasteiger partial charge in [0.15, 0.2) is 0 Å². The summed E-state index contributed by atoms with van der Waals surface area (Å²) in [6, 6.07) is 17.8. The minimum atomic E-state index is -0.302. The second-order valence-corrected chi connectivity index (χ2v) is 6.58. The summed E-state index contributed by atoms with van der Waals surface area (Å²) in [6.45, 7) is 4.56. The Morgan fingerprint density at radius 1 is 1.20 bits per heavy atom. The smallest absolute Gasteiger partial charge is 0.229 e. The van der Waals surface area contributed by atoms with Crippen LogP contribution >= 0.6 is 0 Å². The summed E-state index contributed by atoms with van der Waals surface area (Å²) >= 11 is 0. The molecule has 1 N–H and O–H groups in total. The van der Waals surface area contributed by atoms with Gasteiger partial charge in [0.25, 0.3) is 0 Å². The van der Waals surface area contributed by atoms with Crippen LogP contribution in [0.5, 0.6) is 0 Å². The van der Waals surface area contributed by atoms with Crippen LogP contribution in [0.1, 0.15) is 37.4 Å². The van der Waals surface area contributed by atoms with Crippen molar-refractivity contribution in [2.45, 2.75) is 32.7 Å². The predicted octanol–water partition coefficient (Wildman–Crippen LogP) is 3.80. The van der Waals surface area contributed by atoms with Crippen molar-refractivity contribution in [2.75, 3.05) is 11.9 Å². The zero-order valence-corrected chi connectivity index (χ0v) is 14.7. The van der Waals surface area contributed by atoms with Crippen molar-refractivity contribution < 1.29 is 9.59 Å². The number of carbonyl (C=O) groups is 2. The molecule has 2 aromatic carbocycles. The third-order valence-corrected chi connectivity index (χ3v) is 4.88. The number of benzene rings is 2. The maximum absolute atomic E-state index is 12.6. The Kier molecular flexibility index (Phi) is 5.17. The molecule has 1 fully saturated rings. The molecular formula is C21H24N2O2. The number of amides is 2. The maximum Gasteiger partial charge on any atom is 0.229 e. The molecular weight excluding hydrogens is 312 g/mol. The summed E-state index contributed by atoms with van der Waals surface area (Å²) in [5.74, 6) is -0.341. The van der Waals surface area contributed by atoms with Crippen LogP contribution in [0.4, 0.5) is 5.69 Å². The van der Waals surface area contributed by atoms with Gasteiger partial charge in [0.05, 0.1) is 12.0 Å². The van der Waals surface area contributed by atoms with E-state index in [0.717, 1.165) is 17.7 Å². The van der Waals surface area contributed by atoms with Gasteiger partial charge in [-0.15, -0.1) is 0 Å². The Bertz CT molecular complexity index is 758. The van der Waals surface area contributed by atoms with Gasteiger partial charge in [-0.2, -0.15) is 0 Å². The molecule has 2 atom stereocenters. The number of anilines is 1. The van der Waals surface area contributed by atoms with Crippen LogP contribution in [0.25, 0.3) is 0 Å². The lowest BCUT2D eigenvalue weighted by Gasteiger charge is -2.25. The highest BCUT2D eigenvalue weighted by molar-refractivity contribution is 5.97. The van der Waals surface area contributed by atoms with Crippen LogP contribution in [0.2, 0.25) is 0 Å². The lowest BCUT2D eigenvalue weighted by atomic mass is 10.1.